The second kappa shape index (κ2) is 9.58. The predicted molar refractivity (Wildman–Crippen MR) is 87.6 cm³/mol. The van der Waals surface area contributed by atoms with Crippen molar-refractivity contribution in [2.24, 2.45) is 0 Å². The number of hydrogen-bond acceptors (Lipinski definition) is 4. The molecule has 0 bridgehead atoms. The molecule has 0 fully saturated rings. The molecule has 2 N–H and O–H groups in total. The number of benzene rings is 2. The van der Waals surface area contributed by atoms with Crippen molar-refractivity contribution in [3.8, 4) is 11.5 Å². The molecule has 0 aromatic heterocycles. The molecule has 0 saturated heterocycles. The molecule has 0 unspecified atom stereocenters. The van der Waals surface area contributed by atoms with Gasteiger partial charge in [-0.2, -0.15) is 8.78 Å². The SMILES string of the molecule is O=C(Cc1ccc(OCc2cccc(OC(F)F)c2)cc1)NCCO. The van der Waals surface area contributed by atoms with E-state index in [9.17, 15) is 13.6 Å². The third-order valence-corrected chi connectivity index (χ3v) is 3.25. The minimum Gasteiger partial charge on any atom is -0.489 e. The van der Waals surface area contributed by atoms with Gasteiger partial charge < -0.3 is 19.9 Å². The Morgan fingerprint density at radius 3 is 2.52 bits per heavy atom. The number of carbonyl (C=O) groups excluding carboxylic acids is 1. The van der Waals surface area contributed by atoms with Gasteiger partial charge in [-0.3, -0.25) is 4.79 Å². The van der Waals surface area contributed by atoms with Crippen LogP contribution < -0.4 is 14.8 Å². The van der Waals surface area contributed by atoms with Crippen LogP contribution >= 0.6 is 0 Å². The van der Waals surface area contributed by atoms with Gasteiger partial charge in [0.05, 0.1) is 13.0 Å². The monoisotopic (exact) mass is 351 g/mol. The highest BCUT2D eigenvalue weighted by Gasteiger charge is 2.06. The molecule has 0 saturated carbocycles. The lowest BCUT2D eigenvalue weighted by molar-refractivity contribution is -0.120. The summed E-state index contributed by atoms with van der Waals surface area (Å²) in [4.78, 5) is 11.6. The maximum atomic E-state index is 12.2. The van der Waals surface area contributed by atoms with E-state index in [0.29, 0.717) is 11.3 Å². The molecule has 0 heterocycles. The molecule has 0 atom stereocenters. The van der Waals surface area contributed by atoms with Gasteiger partial charge in [-0.15, -0.1) is 0 Å². The highest BCUT2D eigenvalue weighted by molar-refractivity contribution is 5.78. The summed E-state index contributed by atoms with van der Waals surface area (Å²) >= 11 is 0. The van der Waals surface area contributed by atoms with E-state index >= 15 is 0 Å². The summed E-state index contributed by atoms with van der Waals surface area (Å²) in [6.07, 6.45) is 0.216. The molecule has 0 aliphatic rings. The lowest BCUT2D eigenvalue weighted by Gasteiger charge is -2.09. The smallest absolute Gasteiger partial charge is 0.387 e. The fourth-order valence-corrected chi connectivity index (χ4v) is 2.12. The molecule has 134 valence electrons. The largest absolute Gasteiger partial charge is 0.489 e. The van der Waals surface area contributed by atoms with Crippen LogP contribution in [0.15, 0.2) is 48.5 Å². The van der Waals surface area contributed by atoms with Gasteiger partial charge in [0.1, 0.15) is 18.1 Å². The molecule has 2 rings (SSSR count). The molecule has 25 heavy (non-hydrogen) atoms. The Kier molecular flexibility index (Phi) is 7.16. The molecular formula is C18H19F2NO4. The van der Waals surface area contributed by atoms with Crippen LogP contribution in [0.1, 0.15) is 11.1 Å². The second-order valence-corrected chi connectivity index (χ2v) is 5.21. The van der Waals surface area contributed by atoms with E-state index < -0.39 is 6.61 Å². The van der Waals surface area contributed by atoms with Crippen molar-refractivity contribution in [2.45, 2.75) is 19.6 Å². The number of aliphatic hydroxyl groups excluding tert-OH is 1. The number of nitrogens with one attached hydrogen (secondary N) is 1. The normalized spacial score (nSPS) is 10.6. The second-order valence-electron chi connectivity index (χ2n) is 5.21. The summed E-state index contributed by atoms with van der Waals surface area (Å²) in [7, 11) is 0. The highest BCUT2D eigenvalue weighted by atomic mass is 19.3. The number of amides is 1. The van der Waals surface area contributed by atoms with E-state index in [1.54, 1.807) is 36.4 Å². The zero-order chi connectivity index (χ0) is 18.1. The summed E-state index contributed by atoms with van der Waals surface area (Å²) in [6, 6.07) is 13.3. The first-order valence-electron chi connectivity index (χ1n) is 7.70. The van der Waals surface area contributed by atoms with Crippen LogP contribution in [0, 0.1) is 0 Å². The molecule has 7 heteroatoms. The number of hydrogen-bond donors (Lipinski definition) is 2. The highest BCUT2D eigenvalue weighted by Crippen LogP contribution is 2.19. The number of aliphatic hydroxyl groups is 1. The molecule has 1 amide bonds. The van der Waals surface area contributed by atoms with Crippen molar-refractivity contribution in [1.29, 1.82) is 0 Å². The average Bonchev–Trinajstić information content (AvgIpc) is 2.59. The number of halogens is 2. The number of carbonyl (C=O) groups is 1. The summed E-state index contributed by atoms with van der Waals surface area (Å²) in [6.45, 7) is -2.52. The molecule has 0 radical (unpaired) electrons. The lowest BCUT2D eigenvalue weighted by atomic mass is 10.1. The molecule has 2 aromatic rings. The van der Waals surface area contributed by atoms with E-state index in [-0.39, 0.29) is 37.8 Å². The van der Waals surface area contributed by atoms with E-state index in [1.165, 1.54) is 12.1 Å². The molecule has 0 aliphatic carbocycles. The molecule has 0 spiro atoms. The maximum Gasteiger partial charge on any atom is 0.387 e. The number of alkyl halides is 2. The quantitative estimate of drug-likeness (QED) is 0.728. The fraction of sp³-hybridized carbons (Fsp3) is 0.278. The van der Waals surface area contributed by atoms with Crippen LogP contribution in [0.25, 0.3) is 0 Å². The van der Waals surface area contributed by atoms with Gasteiger partial charge in [-0.05, 0) is 35.4 Å². The predicted octanol–water partition coefficient (Wildman–Crippen LogP) is 2.52. The first kappa shape index (κ1) is 18.7. The van der Waals surface area contributed by atoms with Crippen molar-refractivity contribution < 1.29 is 28.2 Å². The lowest BCUT2D eigenvalue weighted by Crippen LogP contribution is -2.27. The van der Waals surface area contributed by atoms with E-state index in [0.717, 1.165) is 5.56 Å². The van der Waals surface area contributed by atoms with Crippen LogP contribution in [-0.2, 0) is 17.8 Å². The van der Waals surface area contributed by atoms with Crippen molar-refractivity contribution in [3.05, 3.63) is 59.7 Å². The Morgan fingerprint density at radius 2 is 1.84 bits per heavy atom. The zero-order valence-electron chi connectivity index (χ0n) is 13.5. The molecule has 2 aromatic carbocycles. The van der Waals surface area contributed by atoms with E-state index in [4.69, 9.17) is 9.84 Å². The number of ether oxygens (including phenoxy) is 2. The fourth-order valence-electron chi connectivity index (χ4n) is 2.12. The van der Waals surface area contributed by atoms with Gasteiger partial charge in [0.25, 0.3) is 0 Å². The van der Waals surface area contributed by atoms with Crippen LogP contribution in [0.5, 0.6) is 11.5 Å². The van der Waals surface area contributed by atoms with Gasteiger partial charge in [-0.1, -0.05) is 24.3 Å². The van der Waals surface area contributed by atoms with Gasteiger partial charge in [0, 0.05) is 6.54 Å². The zero-order valence-corrected chi connectivity index (χ0v) is 13.5. The Labute approximate surface area is 144 Å². The van der Waals surface area contributed by atoms with E-state index in [1.807, 2.05) is 0 Å². The minimum absolute atomic E-state index is 0.0836. The van der Waals surface area contributed by atoms with Crippen molar-refractivity contribution >= 4 is 5.91 Å². The number of rotatable bonds is 9. The summed E-state index contributed by atoms with van der Waals surface area (Å²) in [5.41, 5.74) is 1.51. The molecular weight excluding hydrogens is 332 g/mol. The third kappa shape index (κ3) is 6.76. The minimum atomic E-state index is -2.86. The summed E-state index contributed by atoms with van der Waals surface area (Å²) < 4.78 is 34.4. The van der Waals surface area contributed by atoms with Crippen LogP contribution in [0.4, 0.5) is 8.78 Å². The topological polar surface area (TPSA) is 67.8 Å². The van der Waals surface area contributed by atoms with Gasteiger partial charge >= 0.3 is 6.61 Å². The molecule has 0 aliphatic heterocycles. The van der Waals surface area contributed by atoms with Crippen LogP contribution in [0.2, 0.25) is 0 Å². The first-order valence-corrected chi connectivity index (χ1v) is 7.70. The Hall–Kier alpha value is -2.67. The third-order valence-electron chi connectivity index (χ3n) is 3.25. The average molecular weight is 351 g/mol. The van der Waals surface area contributed by atoms with Crippen molar-refractivity contribution in [1.82, 2.24) is 5.32 Å². The van der Waals surface area contributed by atoms with Gasteiger partial charge in [-0.25, -0.2) is 0 Å². The van der Waals surface area contributed by atoms with E-state index in [2.05, 4.69) is 10.1 Å². The Morgan fingerprint density at radius 1 is 1.08 bits per heavy atom. The standard InChI is InChI=1S/C18H19F2NO4/c19-18(20)25-16-3-1-2-14(10-16)12-24-15-6-4-13(5-7-15)11-17(23)21-8-9-22/h1-7,10,18,22H,8-9,11-12H2,(H,21,23). The first-order chi connectivity index (χ1) is 12.1. The Balaban J connectivity index is 1.86. The Bertz CT molecular complexity index is 677. The summed E-state index contributed by atoms with van der Waals surface area (Å²) in [5, 5.41) is 11.2. The van der Waals surface area contributed by atoms with Crippen LogP contribution in [-0.4, -0.2) is 30.8 Å². The van der Waals surface area contributed by atoms with Crippen LogP contribution in [0.3, 0.4) is 0 Å². The van der Waals surface area contributed by atoms with Crippen molar-refractivity contribution in [3.63, 3.8) is 0 Å². The molecule has 5 nitrogen and oxygen atoms in total. The van der Waals surface area contributed by atoms with Gasteiger partial charge in [0.15, 0.2) is 0 Å². The maximum absolute atomic E-state index is 12.2. The van der Waals surface area contributed by atoms with Gasteiger partial charge in [0.2, 0.25) is 5.91 Å². The summed E-state index contributed by atoms with van der Waals surface area (Å²) in [5.74, 6) is 0.513. The van der Waals surface area contributed by atoms with Crippen molar-refractivity contribution in [2.75, 3.05) is 13.2 Å².